The average molecular weight is 329 g/mol. The van der Waals surface area contributed by atoms with Crippen LogP contribution >= 0.6 is 0 Å². The van der Waals surface area contributed by atoms with Crippen LogP contribution in [0.4, 0.5) is 11.4 Å². The number of rotatable bonds is 1. The van der Waals surface area contributed by atoms with Crippen molar-refractivity contribution in [1.29, 1.82) is 0 Å². The summed E-state index contributed by atoms with van der Waals surface area (Å²) >= 11 is 0. The molecule has 0 atom stereocenters. The van der Waals surface area contributed by atoms with Gasteiger partial charge in [0.25, 0.3) is 5.91 Å². The fraction of sp³-hybridized carbons (Fsp3) is 0. The van der Waals surface area contributed by atoms with Crippen molar-refractivity contribution in [3.63, 3.8) is 0 Å². The molecule has 0 saturated heterocycles. The Morgan fingerprint density at radius 1 is 0.720 bits per heavy atom. The zero-order valence-corrected chi connectivity index (χ0v) is 13.3. The maximum absolute atomic E-state index is 13.3. The minimum Gasteiger partial charge on any atom is -0.508 e. The Morgan fingerprint density at radius 2 is 1.20 bits per heavy atom. The Morgan fingerprint density at radius 3 is 1.72 bits per heavy atom. The molecule has 0 aromatic heterocycles. The molecular weight excluding hydrogens is 314 g/mol. The molecular formula is C21H15NO3. The molecule has 0 fully saturated rings. The van der Waals surface area contributed by atoms with Crippen LogP contribution in [0.15, 0.2) is 66.7 Å². The van der Waals surface area contributed by atoms with E-state index in [2.05, 4.69) is 0 Å². The lowest BCUT2D eigenvalue weighted by Gasteiger charge is -2.25. The van der Waals surface area contributed by atoms with Gasteiger partial charge in [0.05, 0.1) is 11.4 Å². The third kappa shape index (κ3) is 2.64. The van der Waals surface area contributed by atoms with Crippen molar-refractivity contribution < 1.29 is 15.0 Å². The Balaban J connectivity index is 1.94. The molecule has 0 aliphatic carbocycles. The molecule has 3 aromatic carbocycles. The molecule has 0 saturated carbocycles. The van der Waals surface area contributed by atoms with E-state index in [0.717, 1.165) is 22.5 Å². The van der Waals surface area contributed by atoms with E-state index in [0.29, 0.717) is 0 Å². The first-order valence-corrected chi connectivity index (χ1v) is 7.87. The van der Waals surface area contributed by atoms with E-state index < -0.39 is 0 Å². The van der Waals surface area contributed by atoms with Gasteiger partial charge >= 0.3 is 0 Å². The molecule has 0 unspecified atom stereocenters. The lowest BCUT2D eigenvalue weighted by atomic mass is 10.1. The summed E-state index contributed by atoms with van der Waals surface area (Å²) in [5.41, 5.74) is 3.53. The van der Waals surface area contributed by atoms with Crippen LogP contribution in [0, 0.1) is 0 Å². The smallest absolute Gasteiger partial charge is 0.263 e. The Hall–Kier alpha value is -3.53. The van der Waals surface area contributed by atoms with E-state index in [-0.39, 0.29) is 23.0 Å². The average Bonchev–Trinajstić information content (AvgIpc) is 2.77. The molecule has 1 heterocycles. The van der Waals surface area contributed by atoms with E-state index in [1.807, 2.05) is 60.7 Å². The highest BCUT2D eigenvalue weighted by atomic mass is 16.3. The highest BCUT2D eigenvalue weighted by Gasteiger charge is 2.25. The number of amides is 1. The van der Waals surface area contributed by atoms with Gasteiger partial charge in [-0.3, -0.25) is 9.69 Å². The molecule has 3 aromatic rings. The number of benzene rings is 3. The van der Waals surface area contributed by atoms with Crippen LogP contribution in [-0.2, 0) is 0 Å². The summed E-state index contributed by atoms with van der Waals surface area (Å²) in [6, 6.07) is 19.1. The number of anilines is 2. The molecule has 0 bridgehead atoms. The van der Waals surface area contributed by atoms with Gasteiger partial charge in [0.1, 0.15) is 11.5 Å². The Bertz CT molecular complexity index is 938. The van der Waals surface area contributed by atoms with E-state index in [9.17, 15) is 15.0 Å². The fourth-order valence-electron chi connectivity index (χ4n) is 3.04. The van der Waals surface area contributed by atoms with Crippen LogP contribution in [-0.4, -0.2) is 16.1 Å². The van der Waals surface area contributed by atoms with Gasteiger partial charge in [-0.25, -0.2) is 0 Å². The molecule has 4 nitrogen and oxygen atoms in total. The van der Waals surface area contributed by atoms with E-state index in [1.54, 1.807) is 4.90 Å². The van der Waals surface area contributed by atoms with E-state index in [4.69, 9.17) is 0 Å². The minimum atomic E-state index is -0.324. The second kappa shape index (κ2) is 5.83. The highest BCUT2D eigenvalue weighted by molar-refractivity contribution is 6.14. The number of phenolic OH excluding ortho intramolecular Hbond substituents is 2. The van der Waals surface area contributed by atoms with Crippen molar-refractivity contribution in [2.45, 2.75) is 0 Å². The first-order chi connectivity index (χ1) is 12.1. The zero-order chi connectivity index (χ0) is 17.4. The third-order valence-corrected chi connectivity index (χ3v) is 4.15. The van der Waals surface area contributed by atoms with Crippen molar-refractivity contribution in [2.24, 2.45) is 0 Å². The molecule has 1 aliphatic heterocycles. The molecule has 4 rings (SSSR count). The molecule has 1 amide bonds. The van der Waals surface area contributed by atoms with Crippen LogP contribution < -0.4 is 4.90 Å². The quantitative estimate of drug-likeness (QED) is 0.688. The van der Waals surface area contributed by atoms with Crippen molar-refractivity contribution in [1.82, 2.24) is 0 Å². The second-order valence-electron chi connectivity index (χ2n) is 5.83. The van der Waals surface area contributed by atoms with E-state index >= 15 is 0 Å². The summed E-state index contributed by atoms with van der Waals surface area (Å²) in [5, 5.41) is 19.5. The van der Waals surface area contributed by atoms with Crippen molar-refractivity contribution in [3.8, 4) is 11.5 Å². The maximum atomic E-state index is 13.3. The molecule has 0 spiro atoms. The maximum Gasteiger partial charge on any atom is 0.263 e. The predicted molar refractivity (Wildman–Crippen MR) is 98.1 cm³/mol. The molecule has 4 heteroatoms. The van der Waals surface area contributed by atoms with E-state index in [1.165, 1.54) is 18.2 Å². The van der Waals surface area contributed by atoms with Gasteiger partial charge in [-0.2, -0.15) is 0 Å². The largest absolute Gasteiger partial charge is 0.508 e. The Labute approximate surface area is 144 Å². The second-order valence-corrected chi connectivity index (χ2v) is 5.83. The predicted octanol–water partition coefficient (Wildman–Crippen LogP) is 4.56. The number of nitrogens with zero attached hydrogens (tertiary/aromatic N) is 1. The monoisotopic (exact) mass is 329 g/mol. The SMILES string of the molecule is O=C(c1cc(O)cc(O)c1)N1c2ccccc2C=Cc2ccccc21. The van der Waals surface area contributed by atoms with Crippen molar-refractivity contribution >= 4 is 29.4 Å². The first kappa shape index (κ1) is 15.0. The van der Waals surface area contributed by atoms with Gasteiger partial charge in [-0.15, -0.1) is 0 Å². The molecule has 1 aliphatic rings. The van der Waals surface area contributed by atoms with Crippen molar-refractivity contribution in [3.05, 3.63) is 83.4 Å². The topological polar surface area (TPSA) is 60.8 Å². The van der Waals surface area contributed by atoms with Crippen LogP contribution in [0.5, 0.6) is 11.5 Å². The van der Waals surface area contributed by atoms with Gasteiger partial charge in [-0.1, -0.05) is 48.6 Å². The molecule has 0 radical (unpaired) electrons. The lowest BCUT2D eigenvalue weighted by molar-refractivity contribution is 0.0998. The van der Waals surface area contributed by atoms with Crippen molar-refractivity contribution in [2.75, 3.05) is 4.90 Å². The number of carbonyl (C=O) groups is 1. The van der Waals surface area contributed by atoms with Gasteiger partial charge in [0, 0.05) is 11.6 Å². The number of carbonyl (C=O) groups excluding carboxylic acids is 1. The number of hydrogen-bond acceptors (Lipinski definition) is 3. The summed E-state index contributed by atoms with van der Waals surface area (Å²) in [7, 11) is 0. The summed E-state index contributed by atoms with van der Waals surface area (Å²) in [4.78, 5) is 14.9. The summed E-state index contributed by atoms with van der Waals surface area (Å²) in [5.74, 6) is -0.634. The number of aromatic hydroxyl groups is 2. The molecule has 25 heavy (non-hydrogen) atoms. The normalized spacial score (nSPS) is 12.2. The first-order valence-electron chi connectivity index (χ1n) is 7.87. The van der Waals surface area contributed by atoms with Gasteiger partial charge in [0.2, 0.25) is 0 Å². The fourth-order valence-corrected chi connectivity index (χ4v) is 3.04. The molecule has 2 N–H and O–H groups in total. The minimum absolute atomic E-state index is 0.155. The lowest BCUT2D eigenvalue weighted by Crippen LogP contribution is -2.26. The summed E-state index contributed by atoms with van der Waals surface area (Å²) in [6.45, 7) is 0. The number of hydrogen-bond donors (Lipinski definition) is 2. The number of phenols is 2. The summed E-state index contributed by atoms with van der Waals surface area (Å²) in [6.07, 6.45) is 3.95. The zero-order valence-electron chi connectivity index (χ0n) is 13.3. The van der Waals surface area contributed by atoms with Crippen LogP contribution in [0.2, 0.25) is 0 Å². The number of para-hydroxylation sites is 2. The molecule has 122 valence electrons. The third-order valence-electron chi connectivity index (χ3n) is 4.15. The van der Waals surface area contributed by atoms with Gasteiger partial charge in [-0.05, 0) is 35.4 Å². The number of fused-ring (bicyclic) bond motifs is 2. The van der Waals surface area contributed by atoms with Crippen LogP contribution in [0.3, 0.4) is 0 Å². The highest BCUT2D eigenvalue weighted by Crippen LogP contribution is 2.37. The Kier molecular flexibility index (Phi) is 3.51. The van der Waals surface area contributed by atoms with Crippen LogP contribution in [0.25, 0.3) is 12.2 Å². The standard InChI is InChI=1S/C21H15NO3/c23-17-11-16(12-18(24)13-17)21(25)22-19-7-3-1-5-14(19)9-10-15-6-2-4-8-20(15)22/h1-13,23-24H. The van der Waals surface area contributed by atoms with Crippen LogP contribution in [0.1, 0.15) is 21.5 Å². The summed E-state index contributed by atoms with van der Waals surface area (Å²) < 4.78 is 0. The van der Waals surface area contributed by atoms with Gasteiger partial charge < -0.3 is 10.2 Å². The van der Waals surface area contributed by atoms with Gasteiger partial charge in [0.15, 0.2) is 0 Å².